The lowest BCUT2D eigenvalue weighted by Crippen LogP contribution is -2.41. The van der Waals surface area contributed by atoms with E-state index in [1.54, 1.807) is 18.4 Å². The Morgan fingerprint density at radius 2 is 1.97 bits per heavy atom. The van der Waals surface area contributed by atoms with Crippen LogP contribution >= 0.6 is 0 Å². The molecular formula is C21H28F2N6O4Si. The number of aromatic nitrogens is 4. The zero-order chi connectivity index (χ0) is 24.8. The van der Waals surface area contributed by atoms with Crippen LogP contribution in [-0.4, -0.2) is 77.6 Å². The Balaban J connectivity index is 1.80. The molecule has 2 N–H and O–H groups in total. The molecule has 2 aromatic rings. The highest BCUT2D eigenvalue weighted by molar-refractivity contribution is 6.83. The van der Waals surface area contributed by atoms with E-state index in [0.717, 1.165) is 0 Å². The third kappa shape index (κ3) is 4.90. The van der Waals surface area contributed by atoms with Gasteiger partial charge in [0.2, 0.25) is 5.82 Å². The van der Waals surface area contributed by atoms with Gasteiger partial charge in [-0.1, -0.05) is 19.6 Å². The van der Waals surface area contributed by atoms with Crippen LogP contribution < -0.4 is 10.6 Å². The van der Waals surface area contributed by atoms with Gasteiger partial charge in [-0.25, -0.2) is 23.7 Å². The van der Waals surface area contributed by atoms with E-state index in [0.29, 0.717) is 5.65 Å². The first-order valence-electron chi connectivity index (χ1n) is 10.9. The van der Waals surface area contributed by atoms with Gasteiger partial charge in [0.15, 0.2) is 35.1 Å². The second-order valence-electron chi connectivity index (χ2n) is 9.62. The summed E-state index contributed by atoms with van der Waals surface area (Å²) in [4.78, 5) is 25.7. The van der Waals surface area contributed by atoms with Crippen molar-refractivity contribution in [3.05, 3.63) is 12.2 Å². The molecule has 10 nitrogen and oxygen atoms in total. The van der Waals surface area contributed by atoms with Crippen molar-refractivity contribution in [3.63, 3.8) is 0 Å². The van der Waals surface area contributed by atoms with Crippen LogP contribution in [0, 0.1) is 11.5 Å². The minimum absolute atomic E-state index is 0.144. The number of hydrogen-bond acceptors (Lipinski definition) is 8. The summed E-state index contributed by atoms with van der Waals surface area (Å²) in [5.74, 6) is 2.02. The number of amides is 1. The van der Waals surface area contributed by atoms with Gasteiger partial charge in [-0.3, -0.25) is 9.36 Å². The van der Waals surface area contributed by atoms with Crippen LogP contribution in [0.3, 0.4) is 0 Å². The maximum atomic E-state index is 12.9. The van der Waals surface area contributed by atoms with Crippen molar-refractivity contribution in [2.45, 2.75) is 70.2 Å². The first kappa shape index (κ1) is 24.5. The third-order valence-corrected chi connectivity index (χ3v) is 6.08. The molecule has 0 aliphatic carbocycles. The number of fused-ring (bicyclic) bond motifs is 2. The average Bonchev–Trinajstić information content (AvgIpc) is 3.39. The molecule has 4 atom stereocenters. The van der Waals surface area contributed by atoms with Gasteiger partial charge in [0, 0.05) is 7.05 Å². The third-order valence-electron chi connectivity index (χ3n) is 5.20. The molecule has 0 spiro atoms. The molecule has 2 aliphatic heterocycles. The number of anilines is 1. The first-order chi connectivity index (χ1) is 15.9. The SMILES string of the molecule is CNC(=O)[C@H]1O[C@@H](n2cnc3c(NCC(F)F)nc(C#C[Si](C)(C)C)nc32)[C@@H]2OC(C)(C)O[C@@H]21. The summed E-state index contributed by atoms with van der Waals surface area (Å²) in [7, 11) is -0.240. The number of ether oxygens (including phenoxy) is 3. The van der Waals surface area contributed by atoms with E-state index >= 15 is 0 Å². The molecule has 13 heteroatoms. The van der Waals surface area contributed by atoms with Crippen LogP contribution in [0.15, 0.2) is 6.33 Å². The van der Waals surface area contributed by atoms with Crippen LogP contribution in [-0.2, 0) is 19.0 Å². The lowest BCUT2D eigenvalue weighted by molar-refractivity contribution is -0.197. The Kier molecular flexibility index (Phi) is 6.36. The summed E-state index contributed by atoms with van der Waals surface area (Å²) in [5, 5.41) is 5.21. The van der Waals surface area contributed by atoms with Crippen molar-refractivity contribution in [3.8, 4) is 11.5 Å². The summed E-state index contributed by atoms with van der Waals surface area (Å²) in [5.41, 5.74) is 3.78. The zero-order valence-corrected chi connectivity index (χ0v) is 20.8. The van der Waals surface area contributed by atoms with Crippen LogP contribution in [0.25, 0.3) is 11.2 Å². The fourth-order valence-corrected chi connectivity index (χ4v) is 4.34. The number of likely N-dealkylation sites (N-methyl/N-ethyl adjacent to an activating group) is 1. The van der Waals surface area contributed by atoms with Gasteiger partial charge >= 0.3 is 0 Å². The van der Waals surface area contributed by atoms with Crippen molar-refractivity contribution < 1.29 is 27.8 Å². The molecule has 4 rings (SSSR count). The molecule has 0 bridgehead atoms. The number of carbonyl (C=O) groups is 1. The van der Waals surface area contributed by atoms with Crippen molar-refractivity contribution >= 4 is 31.0 Å². The molecule has 4 heterocycles. The number of halogens is 2. The van der Waals surface area contributed by atoms with Gasteiger partial charge in [-0.2, -0.15) is 0 Å². The van der Waals surface area contributed by atoms with Crippen LogP contribution in [0.5, 0.6) is 0 Å². The number of rotatable bonds is 5. The molecule has 0 aromatic carbocycles. The quantitative estimate of drug-likeness (QED) is 0.479. The topological polar surface area (TPSA) is 112 Å². The molecule has 184 valence electrons. The lowest BCUT2D eigenvalue weighted by atomic mass is 10.1. The molecule has 0 unspecified atom stereocenters. The Bertz CT molecular complexity index is 1160. The van der Waals surface area contributed by atoms with Gasteiger partial charge in [0.05, 0.1) is 12.9 Å². The molecule has 0 radical (unpaired) electrons. The summed E-state index contributed by atoms with van der Waals surface area (Å²) in [6, 6.07) is 0. The predicted octanol–water partition coefficient (Wildman–Crippen LogP) is 1.90. The van der Waals surface area contributed by atoms with E-state index in [2.05, 4.69) is 56.7 Å². The predicted molar refractivity (Wildman–Crippen MR) is 122 cm³/mol. The summed E-state index contributed by atoms with van der Waals surface area (Å²) in [6.45, 7) is 9.13. The summed E-state index contributed by atoms with van der Waals surface area (Å²) in [6.07, 6.45) is -4.11. The maximum absolute atomic E-state index is 12.9. The lowest BCUT2D eigenvalue weighted by Gasteiger charge is -2.24. The number of nitrogens with zero attached hydrogens (tertiary/aromatic N) is 4. The van der Waals surface area contributed by atoms with Gasteiger partial charge < -0.3 is 24.8 Å². The smallest absolute Gasteiger partial charge is 0.255 e. The second kappa shape index (κ2) is 8.84. The van der Waals surface area contributed by atoms with Gasteiger partial charge in [0.1, 0.15) is 20.3 Å². The van der Waals surface area contributed by atoms with E-state index < -0.39 is 51.4 Å². The number of nitrogens with one attached hydrogen (secondary N) is 2. The van der Waals surface area contributed by atoms with Gasteiger partial charge in [-0.05, 0) is 19.8 Å². The molecule has 2 fully saturated rings. The van der Waals surface area contributed by atoms with Crippen LogP contribution in [0.4, 0.5) is 14.6 Å². The normalized spacial score (nSPS) is 25.8. The monoisotopic (exact) mass is 494 g/mol. The van der Waals surface area contributed by atoms with Crippen molar-refractivity contribution in [2.24, 2.45) is 0 Å². The standard InChI is InChI=1S/C21H28F2N6O4Si/c1-21(2)32-14-15(19(30)24-3)31-20(16(14)33-21)29-10-26-13-17(25-9-11(22)23)27-12(28-18(13)29)7-8-34(4,5)6/h10-11,14-16,20H,9H2,1-6H3,(H,24,30)(H,25,27,28)/t14-,15+,16-,20-/m1/s1. The van der Waals surface area contributed by atoms with Crippen molar-refractivity contribution in [1.29, 1.82) is 0 Å². The summed E-state index contributed by atoms with van der Waals surface area (Å²) < 4.78 is 45.5. The fraction of sp³-hybridized carbons (Fsp3) is 0.619. The Hall–Kier alpha value is -2.66. The highest BCUT2D eigenvalue weighted by atomic mass is 28.3. The Labute approximate surface area is 196 Å². The first-order valence-corrected chi connectivity index (χ1v) is 14.4. The van der Waals surface area contributed by atoms with E-state index in [1.165, 1.54) is 13.4 Å². The highest BCUT2D eigenvalue weighted by Crippen LogP contribution is 2.44. The molecule has 34 heavy (non-hydrogen) atoms. The minimum Gasteiger partial charge on any atom is -0.362 e. The minimum atomic E-state index is -2.58. The molecule has 2 aliphatic rings. The largest absolute Gasteiger partial charge is 0.362 e. The van der Waals surface area contributed by atoms with E-state index in [9.17, 15) is 13.6 Å². The van der Waals surface area contributed by atoms with E-state index in [1.807, 2.05) is 0 Å². The van der Waals surface area contributed by atoms with E-state index in [4.69, 9.17) is 14.2 Å². The highest BCUT2D eigenvalue weighted by Gasteiger charge is 2.58. The molecular weight excluding hydrogens is 466 g/mol. The van der Waals surface area contributed by atoms with E-state index in [-0.39, 0.29) is 23.1 Å². The van der Waals surface area contributed by atoms with Crippen molar-refractivity contribution in [1.82, 2.24) is 24.8 Å². The Morgan fingerprint density at radius 3 is 2.62 bits per heavy atom. The van der Waals surface area contributed by atoms with Gasteiger partial charge in [0.25, 0.3) is 12.3 Å². The number of alkyl halides is 2. The molecule has 1 amide bonds. The second-order valence-corrected chi connectivity index (χ2v) is 14.4. The number of imidazole rings is 1. The summed E-state index contributed by atoms with van der Waals surface area (Å²) >= 11 is 0. The number of carbonyl (C=O) groups excluding carboxylic acids is 1. The molecule has 0 saturated carbocycles. The van der Waals surface area contributed by atoms with Gasteiger partial charge in [-0.15, -0.1) is 5.54 Å². The van der Waals surface area contributed by atoms with Crippen LogP contribution in [0.1, 0.15) is 25.9 Å². The van der Waals surface area contributed by atoms with Crippen molar-refractivity contribution in [2.75, 3.05) is 18.9 Å². The fourth-order valence-electron chi connectivity index (χ4n) is 3.85. The molecule has 2 saturated heterocycles. The number of hydrogen-bond donors (Lipinski definition) is 2. The zero-order valence-electron chi connectivity index (χ0n) is 19.8. The van der Waals surface area contributed by atoms with Crippen LogP contribution in [0.2, 0.25) is 19.6 Å². The Morgan fingerprint density at radius 1 is 1.26 bits per heavy atom. The average molecular weight is 495 g/mol. The molecule has 2 aromatic heterocycles. The maximum Gasteiger partial charge on any atom is 0.255 e.